The average Bonchev–Trinajstić information content (AvgIpc) is 2.38. The summed E-state index contributed by atoms with van der Waals surface area (Å²) in [5, 5.41) is 0. The van der Waals surface area contributed by atoms with Crippen LogP contribution in [-0.4, -0.2) is 67.3 Å². The summed E-state index contributed by atoms with van der Waals surface area (Å²) in [5.74, 6) is 0. The summed E-state index contributed by atoms with van der Waals surface area (Å²) in [7, 11) is 2.20. The first kappa shape index (κ1) is 16.9. The number of nitrogens with two attached hydrogens (primary N) is 1. The van der Waals surface area contributed by atoms with Crippen LogP contribution in [0, 0.1) is 0 Å². The Morgan fingerprint density at radius 2 is 1.79 bits per heavy atom. The molecule has 0 radical (unpaired) electrons. The normalized spacial score (nSPS) is 20.7. The van der Waals surface area contributed by atoms with E-state index in [1.165, 1.54) is 12.8 Å². The van der Waals surface area contributed by atoms with Gasteiger partial charge in [0.25, 0.3) is 0 Å². The van der Waals surface area contributed by atoms with Crippen LogP contribution in [0.1, 0.15) is 40.5 Å². The lowest BCUT2D eigenvalue weighted by molar-refractivity contribution is 0.00270. The van der Waals surface area contributed by atoms with Crippen LogP contribution in [0.15, 0.2) is 0 Å². The smallest absolute Gasteiger partial charge is 0.0597 e. The monoisotopic (exact) mass is 271 g/mol. The van der Waals surface area contributed by atoms with Crippen LogP contribution in [0.4, 0.5) is 0 Å². The van der Waals surface area contributed by atoms with E-state index in [2.05, 4.69) is 44.5 Å². The fourth-order valence-electron chi connectivity index (χ4n) is 2.86. The van der Waals surface area contributed by atoms with Gasteiger partial charge in [-0.05, 0) is 47.6 Å². The van der Waals surface area contributed by atoms with Crippen molar-refractivity contribution < 1.29 is 4.74 Å². The van der Waals surface area contributed by atoms with E-state index in [9.17, 15) is 0 Å². The number of nitrogens with zero attached hydrogens (tertiary/aromatic N) is 2. The van der Waals surface area contributed by atoms with Gasteiger partial charge in [0.1, 0.15) is 0 Å². The molecule has 4 nitrogen and oxygen atoms in total. The SMILES string of the molecule is CC(C)OCCN(C)C1(CN)CCN(C(C)C)CC1. The van der Waals surface area contributed by atoms with Crippen LogP contribution in [-0.2, 0) is 4.74 Å². The van der Waals surface area contributed by atoms with Crippen LogP contribution in [0.5, 0.6) is 0 Å². The summed E-state index contributed by atoms with van der Waals surface area (Å²) in [6.07, 6.45) is 2.64. The number of ether oxygens (including phenoxy) is 1. The van der Waals surface area contributed by atoms with Crippen molar-refractivity contribution in [3.63, 3.8) is 0 Å². The molecule has 4 heteroatoms. The molecule has 19 heavy (non-hydrogen) atoms. The first-order valence-electron chi connectivity index (χ1n) is 7.68. The van der Waals surface area contributed by atoms with Crippen molar-refractivity contribution in [1.29, 1.82) is 0 Å². The predicted octanol–water partition coefficient (Wildman–Crippen LogP) is 1.54. The summed E-state index contributed by atoms with van der Waals surface area (Å²) in [6.45, 7) is 13.5. The van der Waals surface area contributed by atoms with Gasteiger partial charge in [0, 0.05) is 37.8 Å². The first-order chi connectivity index (χ1) is 8.91. The Morgan fingerprint density at radius 1 is 1.21 bits per heavy atom. The fourth-order valence-corrected chi connectivity index (χ4v) is 2.86. The average molecular weight is 271 g/mol. The van der Waals surface area contributed by atoms with E-state index < -0.39 is 0 Å². The van der Waals surface area contributed by atoms with Crippen LogP contribution in [0.3, 0.4) is 0 Å². The highest BCUT2D eigenvalue weighted by atomic mass is 16.5. The Morgan fingerprint density at radius 3 is 2.21 bits per heavy atom. The number of likely N-dealkylation sites (N-methyl/N-ethyl adjacent to an activating group) is 1. The van der Waals surface area contributed by atoms with E-state index in [1.54, 1.807) is 0 Å². The van der Waals surface area contributed by atoms with Crippen LogP contribution in [0.2, 0.25) is 0 Å². The van der Waals surface area contributed by atoms with E-state index in [0.29, 0.717) is 12.1 Å². The van der Waals surface area contributed by atoms with Crippen molar-refractivity contribution in [2.75, 3.05) is 39.8 Å². The molecule has 0 aromatic carbocycles. The third kappa shape index (κ3) is 4.71. The topological polar surface area (TPSA) is 41.7 Å². The second-order valence-electron chi connectivity index (χ2n) is 6.40. The molecule has 2 N–H and O–H groups in total. The molecule has 1 rings (SSSR count). The summed E-state index contributed by atoms with van der Waals surface area (Å²) in [4.78, 5) is 4.97. The molecule has 1 saturated heterocycles. The Hall–Kier alpha value is -0.160. The minimum absolute atomic E-state index is 0.172. The van der Waals surface area contributed by atoms with Crippen molar-refractivity contribution in [1.82, 2.24) is 9.80 Å². The number of hydrogen-bond donors (Lipinski definition) is 1. The standard InChI is InChI=1S/C15H33N3O/c1-13(2)18-8-6-15(12-16,7-9-18)17(5)10-11-19-14(3)4/h13-14H,6-12,16H2,1-5H3. The lowest BCUT2D eigenvalue weighted by Gasteiger charge is -2.48. The molecule has 0 aliphatic carbocycles. The highest BCUT2D eigenvalue weighted by molar-refractivity contribution is 4.95. The maximum atomic E-state index is 6.09. The molecule has 1 aliphatic rings. The quantitative estimate of drug-likeness (QED) is 0.763. The maximum absolute atomic E-state index is 6.09. The summed E-state index contributed by atoms with van der Waals surface area (Å²) in [5.41, 5.74) is 6.26. The van der Waals surface area contributed by atoms with Gasteiger partial charge in [0.15, 0.2) is 0 Å². The van der Waals surface area contributed by atoms with E-state index in [1.807, 2.05) is 0 Å². The number of hydrogen-bond acceptors (Lipinski definition) is 4. The second kappa shape index (κ2) is 7.58. The van der Waals surface area contributed by atoms with Gasteiger partial charge < -0.3 is 15.4 Å². The molecule has 1 fully saturated rings. The summed E-state index contributed by atoms with van der Waals surface area (Å²) in [6, 6.07) is 0.644. The molecular weight excluding hydrogens is 238 g/mol. The molecule has 0 spiro atoms. The lowest BCUT2D eigenvalue weighted by atomic mass is 9.85. The Labute approximate surface area is 119 Å². The van der Waals surface area contributed by atoms with Crippen LogP contribution >= 0.6 is 0 Å². The van der Waals surface area contributed by atoms with E-state index in [4.69, 9.17) is 10.5 Å². The van der Waals surface area contributed by atoms with Crippen molar-refractivity contribution in [2.24, 2.45) is 5.73 Å². The summed E-state index contributed by atoms with van der Waals surface area (Å²) < 4.78 is 5.66. The molecule has 0 aromatic rings. The van der Waals surface area contributed by atoms with Crippen LogP contribution < -0.4 is 5.73 Å². The molecule has 0 amide bonds. The van der Waals surface area contributed by atoms with Gasteiger partial charge in [0.2, 0.25) is 0 Å². The molecule has 0 aromatic heterocycles. The van der Waals surface area contributed by atoms with Crippen molar-refractivity contribution in [3.05, 3.63) is 0 Å². The van der Waals surface area contributed by atoms with Gasteiger partial charge >= 0.3 is 0 Å². The van der Waals surface area contributed by atoms with Gasteiger partial charge in [-0.25, -0.2) is 0 Å². The van der Waals surface area contributed by atoms with Gasteiger partial charge in [-0.3, -0.25) is 4.90 Å². The molecule has 1 heterocycles. The predicted molar refractivity (Wildman–Crippen MR) is 81.4 cm³/mol. The third-order valence-electron chi connectivity index (χ3n) is 4.53. The molecule has 114 valence electrons. The number of piperidine rings is 1. The van der Waals surface area contributed by atoms with E-state index >= 15 is 0 Å². The molecule has 0 unspecified atom stereocenters. The Balaban J connectivity index is 2.47. The lowest BCUT2D eigenvalue weighted by Crippen LogP contribution is -2.59. The Bertz CT molecular complexity index is 248. The highest BCUT2D eigenvalue weighted by Crippen LogP contribution is 2.27. The van der Waals surface area contributed by atoms with E-state index in [0.717, 1.165) is 32.8 Å². The molecule has 0 atom stereocenters. The minimum atomic E-state index is 0.172. The van der Waals surface area contributed by atoms with Gasteiger partial charge in [-0.15, -0.1) is 0 Å². The highest BCUT2D eigenvalue weighted by Gasteiger charge is 2.37. The Kier molecular flexibility index (Phi) is 6.74. The first-order valence-corrected chi connectivity index (χ1v) is 7.68. The van der Waals surface area contributed by atoms with Crippen LogP contribution in [0.25, 0.3) is 0 Å². The summed E-state index contributed by atoms with van der Waals surface area (Å²) >= 11 is 0. The zero-order valence-electron chi connectivity index (χ0n) is 13.5. The zero-order valence-corrected chi connectivity index (χ0v) is 13.5. The molecular formula is C15H33N3O. The second-order valence-corrected chi connectivity index (χ2v) is 6.40. The number of rotatable bonds is 7. The fraction of sp³-hybridized carbons (Fsp3) is 1.00. The minimum Gasteiger partial charge on any atom is -0.377 e. The van der Waals surface area contributed by atoms with Gasteiger partial charge in [-0.1, -0.05) is 0 Å². The van der Waals surface area contributed by atoms with Crippen molar-refractivity contribution in [2.45, 2.75) is 58.2 Å². The third-order valence-corrected chi connectivity index (χ3v) is 4.53. The van der Waals surface area contributed by atoms with Gasteiger partial charge in [0.05, 0.1) is 12.7 Å². The largest absolute Gasteiger partial charge is 0.377 e. The van der Waals surface area contributed by atoms with E-state index in [-0.39, 0.29) is 5.54 Å². The molecule has 1 aliphatic heterocycles. The maximum Gasteiger partial charge on any atom is 0.0597 e. The van der Waals surface area contributed by atoms with Gasteiger partial charge in [-0.2, -0.15) is 0 Å². The molecule has 0 saturated carbocycles. The zero-order chi connectivity index (χ0) is 14.5. The molecule has 0 bridgehead atoms. The van der Waals surface area contributed by atoms with Crippen molar-refractivity contribution >= 4 is 0 Å². The van der Waals surface area contributed by atoms with Crippen molar-refractivity contribution in [3.8, 4) is 0 Å². The number of likely N-dealkylation sites (tertiary alicyclic amines) is 1.